The van der Waals surface area contributed by atoms with E-state index >= 15 is 0 Å². The van der Waals surface area contributed by atoms with Crippen molar-refractivity contribution in [1.29, 1.82) is 0 Å². The van der Waals surface area contributed by atoms with Gasteiger partial charge in [0.15, 0.2) is 5.16 Å². The lowest BCUT2D eigenvalue weighted by molar-refractivity contribution is -0.120. The Bertz CT molecular complexity index is 957. The maximum atomic E-state index is 12.9. The van der Waals surface area contributed by atoms with Gasteiger partial charge < -0.3 is 9.88 Å². The van der Waals surface area contributed by atoms with Crippen LogP contribution in [-0.2, 0) is 30.7 Å². The first-order chi connectivity index (χ1) is 14.7. The van der Waals surface area contributed by atoms with Crippen molar-refractivity contribution in [2.75, 3.05) is 5.75 Å². The van der Waals surface area contributed by atoms with Gasteiger partial charge in [0, 0.05) is 31.7 Å². The van der Waals surface area contributed by atoms with E-state index in [1.165, 1.54) is 29.5 Å². The number of benzene rings is 2. The first-order valence-corrected chi connectivity index (χ1v) is 10.8. The summed E-state index contributed by atoms with van der Waals surface area (Å²) in [6.45, 7) is 4.85. The zero-order chi connectivity index (χ0) is 21.2. The molecule has 0 unspecified atom stereocenters. The van der Waals surface area contributed by atoms with Crippen molar-refractivity contribution in [1.82, 2.24) is 20.1 Å². The molecule has 0 fully saturated rings. The number of nitrogens with zero attached hydrogens (tertiary/aromatic N) is 3. The number of carbonyl (C=O) groups is 1. The topological polar surface area (TPSA) is 59.8 Å². The zero-order valence-corrected chi connectivity index (χ0v) is 17.6. The molecule has 1 amide bonds. The number of aryl methyl sites for hydroxylation is 2. The molecule has 7 heteroatoms. The van der Waals surface area contributed by atoms with Crippen LogP contribution in [-0.4, -0.2) is 26.4 Å². The molecule has 30 heavy (non-hydrogen) atoms. The third-order valence-corrected chi connectivity index (χ3v) is 5.52. The Morgan fingerprint density at radius 1 is 1.07 bits per heavy atom. The SMILES string of the molecule is C=CCn1c(CCc2ccccc2)nnc1SCCC(=O)NCc1ccc(F)cc1. The molecule has 3 rings (SSSR count). The highest BCUT2D eigenvalue weighted by atomic mass is 32.2. The molecule has 0 aliphatic rings. The Balaban J connectivity index is 1.48. The van der Waals surface area contributed by atoms with Crippen molar-refractivity contribution in [2.45, 2.75) is 37.5 Å². The van der Waals surface area contributed by atoms with Crippen LogP contribution in [0.2, 0.25) is 0 Å². The molecule has 1 aromatic heterocycles. The van der Waals surface area contributed by atoms with Gasteiger partial charge >= 0.3 is 0 Å². The highest BCUT2D eigenvalue weighted by molar-refractivity contribution is 7.99. The van der Waals surface area contributed by atoms with Crippen LogP contribution in [0.4, 0.5) is 4.39 Å². The zero-order valence-electron chi connectivity index (χ0n) is 16.8. The van der Waals surface area contributed by atoms with Crippen molar-refractivity contribution in [2.24, 2.45) is 0 Å². The summed E-state index contributed by atoms with van der Waals surface area (Å²) in [5.74, 6) is 1.18. The average Bonchev–Trinajstić information content (AvgIpc) is 3.14. The lowest BCUT2D eigenvalue weighted by Gasteiger charge is -2.08. The predicted octanol–water partition coefficient (Wildman–Crippen LogP) is 4.19. The van der Waals surface area contributed by atoms with Gasteiger partial charge in [0.05, 0.1) is 0 Å². The molecule has 3 aromatic rings. The van der Waals surface area contributed by atoms with Crippen LogP contribution in [0.25, 0.3) is 0 Å². The minimum absolute atomic E-state index is 0.0501. The lowest BCUT2D eigenvalue weighted by atomic mass is 10.1. The predicted molar refractivity (Wildman–Crippen MR) is 118 cm³/mol. The van der Waals surface area contributed by atoms with Gasteiger partial charge in [-0.1, -0.05) is 60.3 Å². The van der Waals surface area contributed by atoms with Gasteiger partial charge in [-0.2, -0.15) is 0 Å². The number of aromatic nitrogens is 3. The summed E-state index contributed by atoms with van der Waals surface area (Å²) in [4.78, 5) is 12.1. The van der Waals surface area contributed by atoms with E-state index in [9.17, 15) is 9.18 Å². The minimum Gasteiger partial charge on any atom is -0.352 e. The van der Waals surface area contributed by atoms with E-state index in [2.05, 4.69) is 38.8 Å². The maximum Gasteiger partial charge on any atom is 0.221 e. The van der Waals surface area contributed by atoms with Crippen molar-refractivity contribution >= 4 is 17.7 Å². The number of allylic oxidation sites excluding steroid dienone is 1. The van der Waals surface area contributed by atoms with Crippen LogP contribution in [0, 0.1) is 5.82 Å². The number of hydrogen-bond acceptors (Lipinski definition) is 4. The summed E-state index contributed by atoms with van der Waals surface area (Å²) < 4.78 is 15.0. The monoisotopic (exact) mass is 424 g/mol. The number of amides is 1. The Labute approximate surface area is 180 Å². The Kier molecular flexibility index (Phi) is 8.20. The number of hydrogen-bond donors (Lipinski definition) is 1. The van der Waals surface area contributed by atoms with Crippen LogP contribution < -0.4 is 5.32 Å². The summed E-state index contributed by atoms with van der Waals surface area (Å²) >= 11 is 1.51. The van der Waals surface area contributed by atoms with E-state index in [1.54, 1.807) is 12.1 Å². The second-order valence-corrected chi connectivity index (χ2v) is 7.85. The Morgan fingerprint density at radius 3 is 2.57 bits per heavy atom. The largest absolute Gasteiger partial charge is 0.352 e. The van der Waals surface area contributed by atoms with Crippen LogP contribution >= 0.6 is 11.8 Å². The molecule has 0 radical (unpaired) electrons. The lowest BCUT2D eigenvalue weighted by Crippen LogP contribution is -2.23. The molecule has 156 valence electrons. The summed E-state index contributed by atoms with van der Waals surface area (Å²) in [6, 6.07) is 16.4. The molecule has 0 aliphatic carbocycles. The summed E-state index contributed by atoms with van der Waals surface area (Å²) in [5.41, 5.74) is 2.13. The van der Waals surface area contributed by atoms with Gasteiger partial charge in [0.25, 0.3) is 0 Å². The third kappa shape index (κ3) is 6.56. The number of carbonyl (C=O) groups excluding carboxylic acids is 1. The fraction of sp³-hybridized carbons (Fsp3) is 0.261. The van der Waals surface area contributed by atoms with Crippen LogP contribution in [0.15, 0.2) is 72.4 Å². The second kappa shape index (κ2) is 11.3. The van der Waals surface area contributed by atoms with Crippen LogP contribution in [0.1, 0.15) is 23.4 Å². The quantitative estimate of drug-likeness (QED) is 0.370. The molecule has 0 saturated carbocycles. The van der Waals surface area contributed by atoms with E-state index in [4.69, 9.17) is 0 Å². The smallest absolute Gasteiger partial charge is 0.221 e. The van der Waals surface area contributed by atoms with Gasteiger partial charge in [-0.3, -0.25) is 4.79 Å². The third-order valence-electron chi connectivity index (χ3n) is 4.55. The fourth-order valence-corrected chi connectivity index (χ4v) is 3.85. The molecule has 0 saturated heterocycles. The van der Waals surface area contributed by atoms with Gasteiger partial charge in [-0.05, 0) is 29.7 Å². The molecule has 0 bridgehead atoms. The number of thioether (sulfide) groups is 1. The summed E-state index contributed by atoms with van der Waals surface area (Å²) in [6.07, 6.45) is 3.89. The van der Waals surface area contributed by atoms with Gasteiger partial charge in [0.1, 0.15) is 11.6 Å². The first kappa shape index (κ1) is 21.8. The average molecular weight is 425 g/mol. The molecular weight excluding hydrogens is 399 g/mol. The molecule has 0 aliphatic heterocycles. The maximum absolute atomic E-state index is 12.9. The Hall–Kier alpha value is -2.93. The molecule has 2 aromatic carbocycles. The van der Waals surface area contributed by atoms with E-state index < -0.39 is 0 Å². The van der Waals surface area contributed by atoms with Crippen molar-refractivity contribution < 1.29 is 9.18 Å². The number of halogens is 1. The van der Waals surface area contributed by atoms with Gasteiger partial charge in [-0.25, -0.2) is 4.39 Å². The van der Waals surface area contributed by atoms with E-state index in [1.807, 2.05) is 24.3 Å². The van der Waals surface area contributed by atoms with Gasteiger partial charge in [-0.15, -0.1) is 16.8 Å². The normalized spacial score (nSPS) is 10.7. The van der Waals surface area contributed by atoms with Gasteiger partial charge in [0.2, 0.25) is 5.91 Å². The molecule has 1 heterocycles. The summed E-state index contributed by atoms with van der Waals surface area (Å²) in [5, 5.41) is 12.3. The van der Waals surface area contributed by atoms with E-state index in [-0.39, 0.29) is 11.7 Å². The summed E-state index contributed by atoms with van der Waals surface area (Å²) in [7, 11) is 0. The van der Waals surface area contributed by atoms with Crippen molar-refractivity contribution in [3.63, 3.8) is 0 Å². The minimum atomic E-state index is -0.284. The number of nitrogens with one attached hydrogen (secondary N) is 1. The van der Waals surface area contributed by atoms with Crippen LogP contribution in [0.5, 0.6) is 0 Å². The number of rotatable bonds is 11. The van der Waals surface area contributed by atoms with E-state index in [0.717, 1.165) is 29.4 Å². The van der Waals surface area contributed by atoms with Crippen LogP contribution in [0.3, 0.4) is 0 Å². The molecule has 0 atom stereocenters. The Morgan fingerprint density at radius 2 is 1.83 bits per heavy atom. The van der Waals surface area contributed by atoms with E-state index in [0.29, 0.717) is 25.3 Å². The molecule has 0 spiro atoms. The van der Waals surface area contributed by atoms with Crippen molar-refractivity contribution in [3.8, 4) is 0 Å². The first-order valence-electron chi connectivity index (χ1n) is 9.86. The highest BCUT2D eigenvalue weighted by Gasteiger charge is 2.12. The molecular formula is C23H25FN4OS. The molecule has 5 nitrogen and oxygen atoms in total. The second-order valence-electron chi connectivity index (χ2n) is 6.79. The van der Waals surface area contributed by atoms with Crippen molar-refractivity contribution in [3.05, 3.63) is 90.0 Å². The fourth-order valence-electron chi connectivity index (χ4n) is 2.95. The standard InChI is InChI=1S/C23H25FN4OS/c1-2-15-28-21(13-10-18-6-4-3-5-7-18)26-27-23(28)30-16-14-22(29)25-17-19-8-11-20(24)12-9-19/h2-9,11-12H,1,10,13-17H2,(H,25,29). The molecule has 1 N–H and O–H groups in total. The highest BCUT2D eigenvalue weighted by Crippen LogP contribution is 2.19.